The minimum atomic E-state index is -0.844. The standard InChI is InChI=1S/C17H18F2N4O2/c1-3-9-7-14(23(2)22-9)21-17(25)16(24)20-13-8-10(13)15-11(18)5-4-6-12(15)19/h4-7,10,13H,3,8H2,1-2H3,(H,20,24)(H,21,25). The van der Waals surface area contributed by atoms with Gasteiger partial charge >= 0.3 is 11.8 Å². The predicted octanol–water partition coefficient (Wildman–Crippen LogP) is 1.87. The Kier molecular flexibility index (Phi) is 4.52. The maximum Gasteiger partial charge on any atom is 0.314 e. The molecule has 132 valence electrons. The lowest BCUT2D eigenvalue weighted by atomic mass is 10.1. The van der Waals surface area contributed by atoms with Gasteiger partial charge in [-0.1, -0.05) is 13.0 Å². The fourth-order valence-electron chi connectivity index (χ4n) is 2.76. The first-order valence-corrected chi connectivity index (χ1v) is 7.99. The number of carbonyl (C=O) groups is 2. The number of amides is 2. The number of rotatable bonds is 4. The van der Waals surface area contributed by atoms with Gasteiger partial charge in [0.1, 0.15) is 17.5 Å². The molecule has 2 aromatic rings. The molecule has 1 aromatic heterocycles. The van der Waals surface area contributed by atoms with Crippen LogP contribution in [-0.4, -0.2) is 27.6 Å². The van der Waals surface area contributed by atoms with Crippen LogP contribution >= 0.6 is 0 Å². The maximum atomic E-state index is 13.7. The monoisotopic (exact) mass is 348 g/mol. The van der Waals surface area contributed by atoms with Gasteiger partial charge in [-0.25, -0.2) is 8.78 Å². The summed E-state index contributed by atoms with van der Waals surface area (Å²) in [6.07, 6.45) is 1.09. The molecule has 2 N–H and O–H groups in total. The van der Waals surface area contributed by atoms with E-state index in [-0.39, 0.29) is 5.56 Å². The van der Waals surface area contributed by atoms with E-state index in [0.29, 0.717) is 18.7 Å². The van der Waals surface area contributed by atoms with Crippen molar-refractivity contribution >= 4 is 17.6 Å². The lowest BCUT2D eigenvalue weighted by Crippen LogP contribution is -2.37. The van der Waals surface area contributed by atoms with Crippen LogP contribution in [0.25, 0.3) is 0 Å². The Labute approximate surface area is 143 Å². The third kappa shape index (κ3) is 3.52. The molecule has 2 amide bonds. The Hall–Kier alpha value is -2.77. The zero-order valence-corrected chi connectivity index (χ0v) is 13.8. The highest BCUT2D eigenvalue weighted by Crippen LogP contribution is 2.43. The summed E-state index contributed by atoms with van der Waals surface area (Å²) < 4.78 is 28.9. The van der Waals surface area contributed by atoms with Gasteiger partial charge in [-0.2, -0.15) is 5.10 Å². The number of aromatic nitrogens is 2. The number of hydrogen-bond donors (Lipinski definition) is 2. The first kappa shape index (κ1) is 17.1. The molecule has 0 spiro atoms. The smallest absolute Gasteiger partial charge is 0.314 e. The van der Waals surface area contributed by atoms with E-state index in [1.54, 1.807) is 13.1 Å². The number of aryl methyl sites for hydroxylation is 2. The van der Waals surface area contributed by atoms with E-state index in [4.69, 9.17) is 0 Å². The van der Waals surface area contributed by atoms with Gasteiger partial charge in [0.15, 0.2) is 0 Å². The number of halogens is 2. The highest BCUT2D eigenvalue weighted by Gasteiger charge is 2.43. The van der Waals surface area contributed by atoms with Crippen molar-refractivity contribution in [1.82, 2.24) is 15.1 Å². The lowest BCUT2D eigenvalue weighted by Gasteiger charge is -2.07. The summed E-state index contributed by atoms with van der Waals surface area (Å²) >= 11 is 0. The first-order chi connectivity index (χ1) is 11.9. The van der Waals surface area contributed by atoms with Crippen LogP contribution in [0.15, 0.2) is 24.3 Å². The molecular formula is C17H18F2N4O2. The van der Waals surface area contributed by atoms with E-state index < -0.39 is 35.4 Å². The molecule has 1 heterocycles. The minimum absolute atomic E-state index is 0.0487. The van der Waals surface area contributed by atoms with Crippen molar-refractivity contribution in [1.29, 1.82) is 0 Å². The fourth-order valence-corrected chi connectivity index (χ4v) is 2.76. The summed E-state index contributed by atoms with van der Waals surface area (Å²) in [7, 11) is 1.66. The maximum absolute atomic E-state index is 13.7. The molecular weight excluding hydrogens is 330 g/mol. The second-order valence-electron chi connectivity index (χ2n) is 6.01. The number of carbonyl (C=O) groups excluding carboxylic acids is 2. The average molecular weight is 348 g/mol. The molecule has 2 unspecified atom stereocenters. The van der Waals surface area contributed by atoms with Crippen molar-refractivity contribution < 1.29 is 18.4 Å². The fraction of sp³-hybridized carbons (Fsp3) is 0.353. The summed E-state index contributed by atoms with van der Waals surface area (Å²) in [5.74, 6) is -3.03. The van der Waals surface area contributed by atoms with Gasteiger partial charge in [-0.3, -0.25) is 14.3 Å². The van der Waals surface area contributed by atoms with Gasteiger partial charge in [0.25, 0.3) is 0 Å². The van der Waals surface area contributed by atoms with Crippen molar-refractivity contribution in [3.63, 3.8) is 0 Å². The zero-order valence-electron chi connectivity index (χ0n) is 13.8. The van der Waals surface area contributed by atoms with Gasteiger partial charge in [-0.15, -0.1) is 0 Å². The SMILES string of the molecule is CCc1cc(NC(=O)C(=O)NC2CC2c2c(F)cccc2F)n(C)n1. The van der Waals surface area contributed by atoms with Gasteiger partial charge in [0.2, 0.25) is 0 Å². The molecule has 1 saturated carbocycles. The van der Waals surface area contributed by atoms with E-state index in [1.807, 2.05) is 6.92 Å². The van der Waals surface area contributed by atoms with Crippen LogP contribution in [0.1, 0.15) is 30.5 Å². The third-order valence-corrected chi connectivity index (χ3v) is 4.22. The van der Waals surface area contributed by atoms with E-state index in [9.17, 15) is 18.4 Å². The Balaban J connectivity index is 1.60. The van der Waals surface area contributed by atoms with Crippen LogP contribution in [0.2, 0.25) is 0 Å². The number of nitrogens with zero attached hydrogens (tertiary/aromatic N) is 2. The van der Waals surface area contributed by atoms with Crippen LogP contribution in [0.4, 0.5) is 14.6 Å². The van der Waals surface area contributed by atoms with Gasteiger partial charge < -0.3 is 10.6 Å². The molecule has 1 aliphatic carbocycles. The quantitative estimate of drug-likeness (QED) is 0.829. The van der Waals surface area contributed by atoms with Crippen LogP contribution in [0.3, 0.4) is 0 Å². The van der Waals surface area contributed by atoms with Crippen molar-refractivity contribution in [2.45, 2.75) is 31.7 Å². The number of nitrogens with one attached hydrogen (secondary N) is 2. The predicted molar refractivity (Wildman–Crippen MR) is 86.9 cm³/mol. The normalized spacial score (nSPS) is 18.7. The Morgan fingerprint density at radius 1 is 1.28 bits per heavy atom. The summed E-state index contributed by atoms with van der Waals surface area (Å²) in [5.41, 5.74) is 0.739. The van der Waals surface area contributed by atoms with Crippen LogP contribution in [-0.2, 0) is 23.1 Å². The van der Waals surface area contributed by atoms with Crippen molar-refractivity contribution in [2.24, 2.45) is 7.05 Å². The minimum Gasteiger partial charge on any atom is -0.344 e. The zero-order chi connectivity index (χ0) is 18.1. The van der Waals surface area contributed by atoms with Crippen LogP contribution < -0.4 is 10.6 Å². The number of anilines is 1. The molecule has 1 fully saturated rings. The molecule has 6 nitrogen and oxygen atoms in total. The largest absolute Gasteiger partial charge is 0.344 e. The number of hydrogen-bond acceptors (Lipinski definition) is 3. The van der Waals surface area contributed by atoms with Crippen molar-refractivity contribution in [3.8, 4) is 0 Å². The molecule has 25 heavy (non-hydrogen) atoms. The van der Waals surface area contributed by atoms with Crippen molar-refractivity contribution in [2.75, 3.05) is 5.32 Å². The van der Waals surface area contributed by atoms with E-state index >= 15 is 0 Å². The molecule has 0 saturated heterocycles. The molecule has 1 aliphatic rings. The lowest BCUT2D eigenvalue weighted by molar-refractivity contribution is -0.136. The third-order valence-electron chi connectivity index (χ3n) is 4.22. The molecule has 2 atom stereocenters. The summed E-state index contributed by atoms with van der Waals surface area (Å²) in [4.78, 5) is 24.0. The van der Waals surface area contributed by atoms with Gasteiger partial charge in [0, 0.05) is 30.6 Å². The summed E-state index contributed by atoms with van der Waals surface area (Å²) in [6, 6.07) is 4.87. The summed E-state index contributed by atoms with van der Waals surface area (Å²) in [6.45, 7) is 1.93. The van der Waals surface area contributed by atoms with Crippen LogP contribution in [0.5, 0.6) is 0 Å². The Morgan fingerprint density at radius 2 is 1.96 bits per heavy atom. The second kappa shape index (κ2) is 6.62. The molecule has 0 aliphatic heterocycles. The highest BCUT2D eigenvalue weighted by atomic mass is 19.1. The molecule has 1 aromatic carbocycles. The average Bonchev–Trinajstić information content (AvgIpc) is 3.21. The van der Waals surface area contributed by atoms with E-state index in [1.165, 1.54) is 22.9 Å². The summed E-state index contributed by atoms with van der Waals surface area (Å²) in [5, 5.41) is 9.15. The van der Waals surface area contributed by atoms with Crippen molar-refractivity contribution in [3.05, 3.63) is 47.2 Å². The Bertz CT molecular complexity index is 814. The molecule has 0 radical (unpaired) electrons. The molecule has 3 rings (SSSR count). The van der Waals surface area contributed by atoms with E-state index in [2.05, 4.69) is 15.7 Å². The second-order valence-corrected chi connectivity index (χ2v) is 6.01. The first-order valence-electron chi connectivity index (χ1n) is 7.99. The van der Waals surface area contributed by atoms with Gasteiger partial charge in [-0.05, 0) is 25.0 Å². The number of benzene rings is 1. The molecule has 0 bridgehead atoms. The topological polar surface area (TPSA) is 76.0 Å². The van der Waals surface area contributed by atoms with E-state index in [0.717, 1.165) is 5.69 Å². The Morgan fingerprint density at radius 3 is 2.56 bits per heavy atom. The molecule has 8 heteroatoms. The van der Waals surface area contributed by atoms with Crippen LogP contribution in [0, 0.1) is 11.6 Å². The van der Waals surface area contributed by atoms with Gasteiger partial charge in [0.05, 0.1) is 5.69 Å². The highest BCUT2D eigenvalue weighted by molar-refractivity contribution is 6.39.